The van der Waals surface area contributed by atoms with Crippen molar-refractivity contribution >= 4 is 40.0 Å². The monoisotopic (exact) mass is 432 g/mol. The maximum atomic E-state index is 11.3. The normalized spacial score (nSPS) is 17.4. The van der Waals surface area contributed by atoms with Crippen molar-refractivity contribution in [3.63, 3.8) is 0 Å². The Morgan fingerprint density at radius 1 is 1.29 bits per heavy atom. The Morgan fingerprint density at radius 3 is 2.33 bits per heavy atom. The van der Waals surface area contributed by atoms with E-state index in [2.05, 4.69) is 20.3 Å². The number of guanidine groups is 1. The van der Waals surface area contributed by atoms with Gasteiger partial charge in [0.2, 0.25) is 10.0 Å². The van der Waals surface area contributed by atoms with Gasteiger partial charge < -0.3 is 10.6 Å². The third kappa shape index (κ3) is 9.51. The summed E-state index contributed by atoms with van der Waals surface area (Å²) in [6, 6.07) is 0.485. The summed E-state index contributed by atoms with van der Waals surface area (Å²) >= 11 is 0. The summed E-state index contributed by atoms with van der Waals surface area (Å²) in [5, 5.41) is 6.62. The molecule has 126 valence electrons. The van der Waals surface area contributed by atoms with Gasteiger partial charge in [0.25, 0.3) is 0 Å². The van der Waals surface area contributed by atoms with Gasteiger partial charge in [0.05, 0.1) is 12.8 Å². The van der Waals surface area contributed by atoms with Gasteiger partial charge in [-0.1, -0.05) is 12.8 Å². The number of halogens is 1. The van der Waals surface area contributed by atoms with Crippen molar-refractivity contribution in [2.24, 2.45) is 4.99 Å². The molecular weight excluding hydrogens is 403 g/mol. The van der Waals surface area contributed by atoms with Crippen LogP contribution >= 0.6 is 24.0 Å². The molecule has 0 spiro atoms. The predicted molar refractivity (Wildman–Crippen MR) is 98.8 cm³/mol. The molecule has 0 bridgehead atoms. The van der Waals surface area contributed by atoms with Gasteiger partial charge in [-0.15, -0.1) is 24.0 Å². The molecule has 21 heavy (non-hydrogen) atoms. The molecule has 1 fully saturated rings. The van der Waals surface area contributed by atoms with Gasteiger partial charge in [-0.25, -0.2) is 13.1 Å². The highest BCUT2D eigenvalue weighted by molar-refractivity contribution is 14.0. The van der Waals surface area contributed by atoms with Crippen molar-refractivity contribution in [3.05, 3.63) is 0 Å². The van der Waals surface area contributed by atoms with Gasteiger partial charge >= 0.3 is 0 Å². The lowest BCUT2D eigenvalue weighted by Crippen LogP contribution is -2.47. The summed E-state index contributed by atoms with van der Waals surface area (Å²) in [5.74, 6) is 0.766. The quantitative estimate of drug-likeness (QED) is 0.337. The molecule has 0 unspecified atom stereocenters. The van der Waals surface area contributed by atoms with Gasteiger partial charge in [0.15, 0.2) is 5.96 Å². The molecule has 1 aliphatic rings. The van der Waals surface area contributed by atoms with Crippen molar-refractivity contribution in [1.82, 2.24) is 15.4 Å². The van der Waals surface area contributed by atoms with Crippen molar-refractivity contribution in [2.45, 2.75) is 58.0 Å². The lowest BCUT2D eigenvalue weighted by atomic mass is 10.1. The third-order valence-corrected chi connectivity index (χ3v) is 4.06. The number of nitrogens with zero attached hydrogens (tertiary/aromatic N) is 1. The van der Waals surface area contributed by atoms with Crippen LogP contribution in [-0.2, 0) is 10.0 Å². The first-order chi connectivity index (χ1) is 9.22. The van der Waals surface area contributed by atoms with Gasteiger partial charge in [-0.05, 0) is 33.6 Å². The molecule has 0 aliphatic heterocycles. The molecule has 1 aliphatic carbocycles. The van der Waals surface area contributed by atoms with E-state index in [1.807, 2.05) is 20.8 Å². The zero-order valence-corrected chi connectivity index (χ0v) is 16.5. The fourth-order valence-electron chi connectivity index (χ4n) is 2.39. The van der Waals surface area contributed by atoms with Crippen LogP contribution in [0.15, 0.2) is 4.99 Å². The molecule has 0 atom stereocenters. The molecular formula is C13H29IN4O2S. The van der Waals surface area contributed by atoms with Crippen molar-refractivity contribution in [1.29, 1.82) is 0 Å². The van der Waals surface area contributed by atoms with Gasteiger partial charge in [-0.2, -0.15) is 0 Å². The average molecular weight is 432 g/mol. The highest BCUT2D eigenvalue weighted by Crippen LogP contribution is 2.17. The van der Waals surface area contributed by atoms with Crippen molar-refractivity contribution in [3.8, 4) is 0 Å². The lowest BCUT2D eigenvalue weighted by molar-refractivity contribution is 0.463. The Labute approximate surface area is 146 Å². The second-order valence-electron chi connectivity index (χ2n) is 6.08. The molecule has 0 aromatic rings. The molecule has 0 radical (unpaired) electrons. The second-order valence-corrected chi connectivity index (χ2v) is 7.83. The number of hydrogen-bond acceptors (Lipinski definition) is 3. The van der Waals surface area contributed by atoms with E-state index in [1.54, 1.807) is 0 Å². The highest BCUT2D eigenvalue weighted by atomic mass is 127. The maximum absolute atomic E-state index is 11.3. The number of sulfonamides is 1. The SMILES string of the molecule is CCNC(=NCC(C)(C)NS(C)(=O)=O)NC1CCCC1.I. The third-order valence-electron chi connectivity index (χ3n) is 3.13. The molecule has 3 N–H and O–H groups in total. The first kappa shape index (κ1) is 20.9. The summed E-state index contributed by atoms with van der Waals surface area (Å²) in [5.41, 5.74) is -0.592. The summed E-state index contributed by atoms with van der Waals surface area (Å²) in [6.45, 7) is 6.86. The van der Waals surface area contributed by atoms with E-state index in [0.717, 1.165) is 12.5 Å². The van der Waals surface area contributed by atoms with E-state index in [4.69, 9.17) is 0 Å². The molecule has 0 aromatic carbocycles. The van der Waals surface area contributed by atoms with E-state index >= 15 is 0 Å². The average Bonchev–Trinajstić information content (AvgIpc) is 2.76. The van der Waals surface area contributed by atoms with Crippen LogP contribution in [-0.4, -0.2) is 45.3 Å². The number of nitrogens with one attached hydrogen (secondary N) is 3. The number of hydrogen-bond donors (Lipinski definition) is 3. The molecule has 0 heterocycles. The van der Waals surface area contributed by atoms with Gasteiger partial charge in [0, 0.05) is 18.1 Å². The second kappa shape index (κ2) is 9.14. The molecule has 6 nitrogen and oxygen atoms in total. The smallest absolute Gasteiger partial charge is 0.209 e. The zero-order valence-electron chi connectivity index (χ0n) is 13.4. The minimum atomic E-state index is -3.22. The van der Waals surface area contributed by atoms with E-state index in [1.165, 1.54) is 31.9 Å². The van der Waals surface area contributed by atoms with Crippen LogP contribution in [0.2, 0.25) is 0 Å². The molecule has 0 saturated heterocycles. The molecule has 0 aromatic heterocycles. The Morgan fingerprint density at radius 2 is 1.86 bits per heavy atom. The van der Waals surface area contributed by atoms with E-state index in [9.17, 15) is 8.42 Å². The summed E-state index contributed by atoms with van der Waals surface area (Å²) in [7, 11) is -3.22. The largest absolute Gasteiger partial charge is 0.357 e. The summed E-state index contributed by atoms with van der Waals surface area (Å²) < 4.78 is 25.2. The molecule has 1 saturated carbocycles. The van der Waals surface area contributed by atoms with Crippen molar-refractivity contribution in [2.75, 3.05) is 19.3 Å². The van der Waals surface area contributed by atoms with Crippen LogP contribution in [0.3, 0.4) is 0 Å². The lowest BCUT2D eigenvalue weighted by Gasteiger charge is -2.24. The van der Waals surface area contributed by atoms with Crippen LogP contribution in [0.4, 0.5) is 0 Å². The fourth-order valence-corrected chi connectivity index (χ4v) is 3.46. The Kier molecular flexibility index (Phi) is 9.10. The number of rotatable bonds is 6. The first-order valence-electron chi connectivity index (χ1n) is 7.25. The molecule has 1 rings (SSSR count). The van der Waals surface area contributed by atoms with Crippen LogP contribution in [0.1, 0.15) is 46.5 Å². The molecule has 8 heteroatoms. The van der Waals surface area contributed by atoms with E-state index in [-0.39, 0.29) is 24.0 Å². The van der Waals surface area contributed by atoms with Crippen molar-refractivity contribution < 1.29 is 8.42 Å². The topological polar surface area (TPSA) is 82.6 Å². The number of aliphatic imine (C=N–C) groups is 1. The standard InChI is InChI=1S/C13H28N4O2S.HI/c1-5-14-12(16-11-8-6-7-9-11)15-10-13(2,3)17-20(4,18)19;/h11,17H,5-10H2,1-4H3,(H2,14,15,16);1H. The first-order valence-corrected chi connectivity index (χ1v) is 9.15. The zero-order chi connectivity index (χ0) is 15.2. The van der Waals surface area contributed by atoms with Gasteiger partial charge in [-0.3, -0.25) is 4.99 Å². The fraction of sp³-hybridized carbons (Fsp3) is 0.923. The van der Waals surface area contributed by atoms with E-state index in [0.29, 0.717) is 12.6 Å². The van der Waals surface area contributed by atoms with E-state index < -0.39 is 15.6 Å². The highest BCUT2D eigenvalue weighted by Gasteiger charge is 2.22. The summed E-state index contributed by atoms with van der Waals surface area (Å²) in [6.07, 6.45) is 6.04. The van der Waals surface area contributed by atoms with Crippen LogP contribution in [0.5, 0.6) is 0 Å². The Bertz CT molecular complexity index is 431. The minimum absolute atomic E-state index is 0. The minimum Gasteiger partial charge on any atom is -0.357 e. The Balaban J connectivity index is 0.00000400. The maximum Gasteiger partial charge on any atom is 0.209 e. The summed E-state index contributed by atoms with van der Waals surface area (Å²) in [4.78, 5) is 4.50. The van der Waals surface area contributed by atoms with Crippen LogP contribution in [0, 0.1) is 0 Å². The molecule has 0 amide bonds. The van der Waals surface area contributed by atoms with Gasteiger partial charge in [0.1, 0.15) is 0 Å². The van der Waals surface area contributed by atoms with Crippen LogP contribution in [0.25, 0.3) is 0 Å². The Hall–Kier alpha value is -0.0900. The predicted octanol–water partition coefficient (Wildman–Crippen LogP) is 1.43. The van der Waals surface area contributed by atoms with Crippen LogP contribution < -0.4 is 15.4 Å².